The number of hydrogen-bond donors (Lipinski definition) is 1. The predicted molar refractivity (Wildman–Crippen MR) is 95.0 cm³/mol. The molecule has 4 heteroatoms. The topological polar surface area (TPSA) is 49.0 Å². The third-order valence-electron chi connectivity index (χ3n) is 5.14. The normalized spacial score (nSPS) is 17.6. The van der Waals surface area contributed by atoms with E-state index in [1.807, 2.05) is 23.1 Å². The molecule has 2 aromatic carbocycles. The van der Waals surface area contributed by atoms with E-state index in [0.29, 0.717) is 5.56 Å². The van der Waals surface area contributed by atoms with Gasteiger partial charge in [-0.25, -0.2) is 0 Å². The maximum atomic E-state index is 13.2. The van der Waals surface area contributed by atoms with Crippen LogP contribution in [0.3, 0.4) is 0 Å². The Morgan fingerprint density at radius 3 is 2.92 bits per heavy atom. The van der Waals surface area contributed by atoms with Crippen molar-refractivity contribution in [2.75, 3.05) is 6.54 Å². The summed E-state index contributed by atoms with van der Waals surface area (Å²) < 4.78 is 0. The average molecular weight is 319 g/mol. The summed E-state index contributed by atoms with van der Waals surface area (Å²) in [4.78, 5) is 15.2. The average Bonchev–Trinajstić information content (AvgIpc) is 3.25. The lowest BCUT2D eigenvalue weighted by molar-refractivity contribution is 0.0737. The van der Waals surface area contributed by atoms with Crippen molar-refractivity contribution in [2.45, 2.75) is 32.7 Å². The number of nitrogens with one attached hydrogen (secondary N) is 1. The third kappa shape index (κ3) is 2.39. The summed E-state index contributed by atoms with van der Waals surface area (Å²) in [6, 6.07) is 12.5. The van der Waals surface area contributed by atoms with Gasteiger partial charge in [0, 0.05) is 11.9 Å². The number of fused-ring (bicyclic) bond motifs is 1. The highest BCUT2D eigenvalue weighted by molar-refractivity contribution is 6.05. The van der Waals surface area contributed by atoms with E-state index in [4.69, 9.17) is 0 Å². The van der Waals surface area contributed by atoms with Crippen LogP contribution < -0.4 is 0 Å². The van der Waals surface area contributed by atoms with Gasteiger partial charge in [0.15, 0.2) is 0 Å². The number of aromatic amines is 1. The Balaban J connectivity index is 1.70. The quantitative estimate of drug-likeness (QED) is 0.771. The van der Waals surface area contributed by atoms with E-state index in [2.05, 4.69) is 42.2 Å². The molecule has 1 fully saturated rings. The minimum Gasteiger partial charge on any atom is -0.332 e. The number of amides is 1. The zero-order valence-corrected chi connectivity index (χ0v) is 14.0. The Morgan fingerprint density at radius 2 is 2.08 bits per heavy atom. The number of rotatable bonds is 2. The fraction of sp³-hybridized carbons (Fsp3) is 0.300. The standard InChI is InChI=1S/C20H21N3O/c1-13-8-9-15(11-14(13)2)18-7-4-10-23(18)20(24)17-6-3-5-16-12-21-22-19(16)17/h3,5-6,8-9,11-12,18H,4,7,10H2,1-2H3,(H,21,22). The molecule has 2 heterocycles. The van der Waals surface area contributed by atoms with Crippen LogP contribution in [0.4, 0.5) is 0 Å². The van der Waals surface area contributed by atoms with E-state index in [1.165, 1.54) is 16.7 Å². The number of nitrogens with zero attached hydrogens (tertiary/aromatic N) is 2. The Bertz CT molecular complexity index is 912. The number of hydrogen-bond acceptors (Lipinski definition) is 2. The van der Waals surface area contributed by atoms with Crippen molar-refractivity contribution >= 4 is 16.8 Å². The van der Waals surface area contributed by atoms with Crippen LogP contribution in [-0.2, 0) is 0 Å². The molecule has 1 atom stereocenters. The zero-order valence-electron chi connectivity index (χ0n) is 14.0. The number of carbonyl (C=O) groups excluding carboxylic acids is 1. The Morgan fingerprint density at radius 1 is 1.21 bits per heavy atom. The summed E-state index contributed by atoms with van der Waals surface area (Å²) in [6.07, 6.45) is 3.83. The van der Waals surface area contributed by atoms with Crippen LogP contribution >= 0.6 is 0 Å². The van der Waals surface area contributed by atoms with Crippen LogP contribution in [0, 0.1) is 13.8 Å². The molecule has 0 bridgehead atoms. The van der Waals surface area contributed by atoms with Crippen molar-refractivity contribution in [3.8, 4) is 0 Å². The van der Waals surface area contributed by atoms with Gasteiger partial charge >= 0.3 is 0 Å². The molecule has 1 aliphatic heterocycles. The second-order valence-electron chi connectivity index (χ2n) is 6.64. The largest absolute Gasteiger partial charge is 0.332 e. The molecule has 1 aromatic heterocycles. The molecule has 1 aliphatic rings. The second-order valence-corrected chi connectivity index (χ2v) is 6.64. The van der Waals surface area contributed by atoms with Crippen LogP contribution in [0.5, 0.6) is 0 Å². The van der Waals surface area contributed by atoms with E-state index in [-0.39, 0.29) is 11.9 Å². The van der Waals surface area contributed by atoms with E-state index in [1.54, 1.807) is 6.20 Å². The molecule has 1 saturated heterocycles. The molecular weight excluding hydrogens is 298 g/mol. The van der Waals surface area contributed by atoms with Crippen molar-refractivity contribution in [1.82, 2.24) is 15.1 Å². The van der Waals surface area contributed by atoms with Gasteiger partial charge in [-0.15, -0.1) is 0 Å². The molecule has 4 nitrogen and oxygen atoms in total. The van der Waals surface area contributed by atoms with Crippen LogP contribution in [0.1, 0.15) is 45.9 Å². The highest BCUT2D eigenvalue weighted by atomic mass is 16.2. The minimum absolute atomic E-state index is 0.0885. The van der Waals surface area contributed by atoms with E-state index in [9.17, 15) is 4.79 Å². The van der Waals surface area contributed by atoms with E-state index < -0.39 is 0 Å². The highest BCUT2D eigenvalue weighted by Gasteiger charge is 2.31. The van der Waals surface area contributed by atoms with Gasteiger partial charge in [-0.2, -0.15) is 5.10 Å². The second kappa shape index (κ2) is 5.78. The lowest BCUT2D eigenvalue weighted by Gasteiger charge is -2.26. The SMILES string of the molecule is Cc1ccc(C2CCCN2C(=O)c2cccc3cn[nH]c23)cc1C. The highest BCUT2D eigenvalue weighted by Crippen LogP contribution is 2.34. The summed E-state index contributed by atoms with van der Waals surface area (Å²) >= 11 is 0. The number of H-pyrrole nitrogens is 1. The molecule has 0 spiro atoms. The lowest BCUT2D eigenvalue weighted by atomic mass is 9.99. The molecule has 1 N–H and O–H groups in total. The minimum atomic E-state index is 0.0885. The molecule has 3 aromatic rings. The molecule has 1 unspecified atom stereocenters. The summed E-state index contributed by atoms with van der Waals surface area (Å²) in [7, 11) is 0. The molecule has 0 saturated carbocycles. The van der Waals surface area contributed by atoms with Gasteiger partial charge < -0.3 is 4.90 Å². The zero-order chi connectivity index (χ0) is 16.7. The lowest BCUT2D eigenvalue weighted by Crippen LogP contribution is -2.30. The fourth-order valence-electron chi connectivity index (χ4n) is 3.63. The summed E-state index contributed by atoms with van der Waals surface area (Å²) in [5.74, 6) is 0.0885. The number of likely N-dealkylation sites (tertiary alicyclic amines) is 1. The molecular formula is C20H21N3O. The maximum absolute atomic E-state index is 13.2. The van der Waals surface area contributed by atoms with Crippen LogP contribution in [0.25, 0.3) is 10.9 Å². The summed E-state index contributed by atoms with van der Waals surface area (Å²) in [5, 5.41) is 8.01. The van der Waals surface area contributed by atoms with Crippen molar-refractivity contribution in [1.29, 1.82) is 0 Å². The van der Waals surface area contributed by atoms with Crippen molar-refractivity contribution in [3.63, 3.8) is 0 Å². The van der Waals surface area contributed by atoms with Gasteiger partial charge in [0.05, 0.1) is 23.3 Å². The number of carbonyl (C=O) groups is 1. The molecule has 0 radical (unpaired) electrons. The number of aryl methyl sites for hydroxylation is 2. The predicted octanol–water partition coefficient (Wildman–Crippen LogP) is 4.16. The fourth-order valence-corrected chi connectivity index (χ4v) is 3.63. The number of benzene rings is 2. The van der Waals surface area contributed by atoms with Gasteiger partial charge in [0.25, 0.3) is 5.91 Å². The molecule has 122 valence electrons. The van der Waals surface area contributed by atoms with Gasteiger partial charge in [0.1, 0.15) is 0 Å². The number of aromatic nitrogens is 2. The maximum Gasteiger partial charge on any atom is 0.256 e. The van der Waals surface area contributed by atoms with Gasteiger partial charge in [-0.3, -0.25) is 9.89 Å². The summed E-state index contributed by atoms with van der Waals surface area (Å²) in [5.41, 5.74) is 5.34. The van der Waals surface area contributed by atoms with Crippen molar-refractivity contribution in [2.24, 2.45) is 0 Å². The first-order valence-corrected chi connectivity index (χ1v) is 8.45. The Hall–Kier alpha value is -2.62. The number of para-hydroxylation sites is 1. The third-order valence-corrected chi connectivity index (χ3v) is 5.14. The van der Waals surface area contributed by atoms with E-state index in [0.717, 1.165) is 30.3 Å². The Kier molecular flexibility index (Phi) is 3.60. The van der Waals surface area contributed by atoms with Crippen LogP contribution in [-0.4, -0.2) is 27.5 Å². The Labute approximate surface area is 141 Å². The smallest absolute Gasteiger partial charge is 0.256 e. The van der Waals surface area contributed by atoms with Gasteiger partial charge in [-0.1, -0.05) is 30.3 Å². The van der Waals surface area contributed by atoms with Gasteiger partial charge in [0.2, 0.25) is 0 Å². The summed E-state index contributed by atoms with van der Waals surface area (Å²) in [6.45, 7) is 5.06. The van der Waals surface area contributed by atoms with Crippen LogP contribution in [0.15, 0.2) is 42.6 Å². The van der Waals surface area contributed by atoms with E-state index >= 15 is 0 Å². The van der Waals surface area contributed by atoms with Crippen molar-refractivity contribution < 1.29 is 4.79 Å². The van der Waals surface area contributed by atoms with Crippen LogP contribution in [0.2, 0.25) is 0 Å². The first-order valence-electron chi connectivity index (χ1n) is 8.45. The molecule has 24 heavy (non-hydrogen) atoms. The molecule has 4 rings (SSSR count). The van der Waals surface area contributed by atoms with Crippen molar-refractivity contribution in [3.05, 3.63) is 64.8 Å². The first-order chi connectivity index (χ1) is 11.6. The molecule has 0 aliphatic carbocycles. The monoisotopic (exact) mass is 319 g/mol. The van der Waals surface area contributed by atoms with Gasteiger partial charge in [-0.05, 0) is 49.4 Å². The molecule has 1 amide bonds. The first kappa shape index (κ1) is 14.9.